The van der Waals surface area contributed by atoms with E-state index in [1.165, 1.54) is 4.90 Å². The molecule has 33 heavy (non-hydrogen) atoms. The first-order valence-corrected chi connectivity index (χ1v) is 12.5. The number of carbonyl (C=O) groups is 3. The zero-order chi connectivity index (χ0) is 22.9. The number of rotatable bonds is 5. The zero-order valence-electron chi connectivity index (χ0n) is 17.9. The first kappa shape index (κ1) is 22.0. The predicted molar refractivity (Wildman–Crippen MR) is 133 cm³/mol. The van der Waals surface area contributed by atoms with Crippen LogP contribution in [0.5, 0.6) is 0 Å². The minimum atomic E-state index is -0.294. The van der Waals surface area contributed by atoms with Gasteiger partial charge in [0.15, 0.2) is 0 Å². The molecule has 0 saturated carbocycles. The van der Waals surface area contributed by atoms with Gasteiger partial charge in [-0.2, -0.15) is 0 Å². The molecule has 3 aromatic rings. The summed E-state index contributed by atoms with van der Waals surface area (Å²) < 4.78 is 2.84. The highest BCUT2D eigenvalue weighted by Gasteiger charge is 2.35. The third kappa shape index (κ3) is 4.50. The highest BCUT2D eigenvalue weighted by atomic mass is 79.9. The van der Waals surface area contributed by atoms with Gasteiger partial charge in [-0.3, -0.25) is 19.3 Å². The number of amides is 3. The van der Waals surface area contributed by atoms with Crippen LogP contribution in [0.2, 0.25) is 0 Å². The molecule has 2 aliphatic rings. The summed E-state index contributed by atoms with van der Waals surface area (Å²) in [4.78, 5) is 41.9. The van der Waals surface area contributed by atoms with E-state index in [0.717, 1.165) is 64.2 Å². The summed E-state index contributed by atoms with van der Waals surface area (Å²) in [6.07, 6.45) is 5.77. The van der Waals surface area contributed by atoms with E-state index in [4.69, 9.17) is 0 Å². The molecule has 2 aliphatic heterocycles. The fourth-order valence-corrected chi connectivity index (χ4v) is 5.49. The monoisotopic (exact) mass is 523 g/mol. The zero-order valence-corrected chi connectivity index (χ0v) is 20.3. The largest absolute Gasteiger partial charge is 0.341 e. The topological polar surface area (TPSA) is 62.6 Å². The van der Waals surface area contributed by atoms with Crippen molar-refractivity contribution >= 4 is 61.7 Å². The van der Waals surface area contributed by atoms with Gasteiger partial charge in [0.25, 0.3) is 11.1 Å². The molecule has 0 atom stereocenters. The van der Waals surface area contributed by atoms with Crippen LogP contribution in [-0.2, 0) is 22.7 Å². The van der Waals surface area contributed by atoms with Crippen molar-refractivity contribution in [1.29, 1.82) is 0 Å². The molecular weight excluding hydrogens is 502 g/mol. The number of imide groups is 1. The van der Waals surface area contributed by atoms with Crippen molar-refractivity contribution in [2.45, 2.75) is 25.9 Å². The quantitative estimate of drug-likeness (QED) is 0.427. The molecule has 168 valence electrons. The lowest BCUT2D eigenvalue weighted by Crippen LogP contribution is -2.30. The molecule has 0 N–H and O–H groups in total. The Kier molecular flexibility index (Phi) is 6.12. The molecule has 2 fully saturated rings. The molecule has 0 unspecified atom stereocenters. The number of benzene rings is 2. The Morgan fingerprint density at radius 2 is 1.82 bits per heavy atom. The highest BCUT2D eigenvalue weighted by molar-refractivity contribution is 9.10. The van der Waals surface area contributed by atoms with Crippen molar-refractivity contribution in [3.8, 4) is 0 Å². The smallest absolute Gasteiger partial charge is 0.293 e. The third-order valence-corrected chi connectivity index (χ3v) is 7.38. The molecule has 1 aromatic heterocycles. The van der Waals surface area contributed by atoms with E-state index in [2.05, 4.69) is 15.9 Å². The minimum absolute atomic E-state index is 0.0991. The second kappa shape index (κ2) is 9.19. The number of halogens is 1. The molecule has 0 bridgehead atoms. The van der Waals surface area contributed by atoms with Gasteiger partial charge in [0.05, 0.1) is 11.4 Å². The lowest BCUT2D eigenvalue weighted by atomic mass is 10.1. The average Bonchev–Trinajstić information content (AvgIpc) is 3.51. The Morgan fingerprint density at radius 1 is 1.06 bits per heavy atom. The van der Waals surface area contributed by atoms with E-state index in [9.17, 15) is 14.4 Å². The first-order chi connectivity index (χ1) is 16.0. The van der Waals surface area contributed by atoms with Crippen molar-refractivity contribution in [2.75, 3.05) is 13.1 Å². The van der Waals surface area contributed by atoms with E-state index in [0.29, 0.717) is 4.91 Å². The van der Waals surface area contributed by atoms with Gasteiger partial charge in [0.2, 0.25) is 5.91 Å². The molecule has 8 heteroatoms. The molecule has 3 amide bonds. The van der Waals surface area contributed by atoms with Gasteiger partial charge in [0.1, 0.15) is 6.54 Å². The van der Waals surface area contributed by atoms with Crippen LogP contribution in [0.4, 0.5) is 4.79 Å². The maximum Gasteiger partial charge on any atom is 0.293 e. The SMILES string of the molecule is O=C(Cn1cc(/C=C2\SC(=O)N(Cc3ccccc3)C2=O)c2cc(Br)ccc21)N1CCCC1. The summed E-state index contributed by atoms with van der Waals surface area (Å²) in [6, 6.07) is 15.4. The van der Waals surface area contributed by atoms with Crippen LogP contribution in [0.15, 0.2) is 64.1 Å². The van der Waals surface area contributed by atoms with E-state index < -0.39 is 0 Å². The number of fused-ring (bicyclic) bond motifs is 1. The highest BCUT2D eigenvalue weighted by Crippen LogP contribution is 2.35. The minimum Gasteiger partial charge on any atom is -0.341 e. The van der Waals surface area contributed by atoms with Crippen LogP contribution >= 0.6 is 27.7 Å². The van der Waals surface area contributed by atoms with Crippen LogP contribution in [0.1, 0.15) is 24.0 Å². The predicted octanol–water partition coefficient (Wildman–Crippen LogP) is 5.26. The Balaban J connectivity index is 1.45. The van der Waals surface area contributed by atoms with E-state index in [1.807, 2.05) is 64.2 Å². The lowest BCUT2D eigenvalue weighted by molar-refractivity contribution is -0.130. The summed E-state index contributed by atoms with van der Waals surface area (Å²) in [7, 11) is 0. The van der Waals surface area contributed by atoms with E-state index in [1.54, 1.807) is 6.08 Å². The van der Waals surface area contributed by atoms with Gasteiger partial charge in [-0.05, 0) is 54.4 Å². The average molecular weight is 524 g/mol. The molecule has 3 heterocycles. The fraction of sp³-hybridized carbons (Fsp3) is 0.240. The maximum atomic E-state index is 13.0. The maximum absolute atomic E-state index is 13.0. The molecule has 2 aromatic carbocycles. The van der Waals surface area contributed by atoms with Crippen LogP contribution in [0.3, 0.4) is 0 Å². The standard InChI is InChI=1S/C25H22BrN3O3S/c26-19-8-9-21-20(13-19)18(15-28(21)16-23(30)27-10-4-5-11-27)12-22-24(31)29(25(32)33-22)14-17-6-2-1-3-7-17/h1-3,6-9,12-13,15H,4-5,10-11,14,16H2/b22-12-. The number of likely N-dealkylation sites (tertiary alicyclic amines) is 1. The van der Waals surface area contributed by atoms with E-state index >= 15 is 0 Å². The fourth-order valence-electron chi connectivity index (χ4n) is 4.30. The molecule has 0 radical (unpaired) electrons. The molecule has 0 spiro atoms. The van der Waals surface area contributed by atoms with E-state index in [-0.39, 0.29) is 30.1 Å². The normalized spacial score (nSPS) is 17.7. The summed E-state index contributed by atoms with van der Waals surface area (Å²) in [5.74, 6) is -0.194. The summed E-state index contributed by atoms with van der Waals surface area (Å²) in [6.45, 7) is 2.12. The van der Waals surface area contributed by atoms with Gasteiger partial charge in [0, 0.05) is 40.2 Å². The molecular formula is C25H22BrN3O3S. The van der Waals surface area contributed by atoms with Crippen LogP contribution in [-0.4, -0.2) is 44.5 Å². The number of carbonyl (C=O) groups excluding carboxylic acids is 3. The summed E-state index contributed by atoms with van der Waals surface area (Å²) >= 11 is 4.48. The number of aromatic nitrogens is 1. The van der Waals surface area contributed by atoms with Gasteiger partial charge in [-0.1, -0.05) is 46.3 Å². The second-order valence-corrected chi connectivity index (χ2v) is 10.1. The number of hydrogen-bond donors (Lipinski definition) is 0. The second-order valence-electron chi connectivity index (χ2n) is 8.22. The number of hydrogen-bond acceptors (Lipinski definition) is 4. The molecule has 2 saturated heterocycles. The van der Waals surface area contributed by atoms with Gasteiger partial charge >= 0.3 is 0 Å². The Labute approximate surface area is 204 Å². The Morgan fingerprint density at radius 3 is 2.58 bits per heavy atom. The molecule has 5 rings (SSSR count). The van der Waals surface area contributed by atoms with Crippen LogP contribution in [0, 0.1) is 0 Å². The van der Waals surface area contributed by atoms with Crippen molar-refractivity contribution in [1.82, 2.24) is 14.4 Å². The van der Waals surface area contributed by atoms with Crippen LogP contribution in [0.25, 0.3) is 17.0 Å². The van der Waals surface area contributed by atoms with Gasteiger partial charge in [-0.25, -0.2) is 0 Å². The molecule has 0 aliphatic carbocycles. The van der Waals surface area contributed by atoms with Crippen LogP contribution < -0.4 is 0 Å². The molecule has 6 nitrogen and oxygen atoms in total. The number of thioether (sulfide) groups is 1. The number of nitrogens with zero attached hydrogens (tertiary/aromatic N) is 3. The summed E-state index contributed by atoms with van der Waals surface area (Å²) in [5.41, 5.74) is 2.63. The lowest BCUT2D eigenvalue weighted by Gasteiger charge is -2.16. The van der Waals surface area contributed by atoms with Crippen molar-refractivity contribution in [3.05, 3.63) is 75.2 Å². The Bertz CT molecular complexity index is 1280. The van der Waals surface area contributed by atoms with Crippen molar-refractivity contribution in [3.63, 3.8) is 0 Å². The summed E-state index contributed by atoms with van der Waals surface area (Å²) in [5, 5.41) is 0.651. The van der Waals surface area contributed by atoms with Crippen molar-refractivity contribution < 1.29 is 14.4 Å². The van der Waals surface area contributed by atoms with Gasteiger partial charge < -0.3 is 9.47 Å². The van der Waals surface area contributed by atoms with Crippen molar-refractivity contribution in [2.24, 2.45) is 0 Å². The third-order valence-electron chi connectivity index (χ3n) is 5.98. The first-order valence-electron chi connectivity index (χ1n) is 10.8. The van der Waals surface area contributed by atoms with Gasteiger partial charge in [-0.15, -0.1) is 0 Å². The Hall–Kier alpha value is -2.84.